The van der Waals surface area contributed by atoms with Gasteiger partial charge in [-0.3, -0.25) is 10.1 Å². The monoisotopic (exact) mass is 257 g/mol. The third-order valence-corrected chi connectivity index (χ3v) is 3.75. The van der Waals surface area contributed by atoms with Crippen molar-refractivity contribution in [2.24, 2.45) is 5.92 Å². The van der Waals surface area contributed by atoms with Crippen LogP contribution < -0.4 is 5.32 Å². The van der Waals surface area contributed by atoms with Crippen LogP contribution in [0.2, 0.25) is 0 Å². The Morgan fingerprint density at radius 2 is 2.21 bits per heavy atom. The largest absolute Gasteiger partial charge is 0.384 e. The van der Waals surface area contributed by atoms with Gasteiger partial charge in [0.15, 0.2) is 0 Å². The van der Waals surface area contributed by atoms with Crippen molar-refractivity contribution >= 4 is 22.3 Å². The summed E-state index contributed by atoms with van der Waals surface area (Å²) >= 11 is 0. The van der Waals surface area contributed by atoms with Crippen molar-refractivity contribution in [1.82, 2.24) is 4.98 Å². The van der Waals surface area contributed by atoms with E-state index in [1.165, 1.54) is 25.3 Å². The summed E-state index contributed by atoms with van der Waals surface area (Å²) in [5.41, 5.74) is 1.44. The normalized spacial score (nSPS) is 15.2. The summed E-state index contributed by atoms with van der Waals surface area (Å²) in [7, 11) is 0. The number of nitro groups is 1. The number of fused-ring (bicyclic) bond motifs is 1. The summed E-state index contributed by atoms with van der Waals surface area (Å²) in [5.74, 6) is 0.738. The number of anilines is 1. The van der Waals surface area contributed by atoms with Gasteiger partial charge in [0.2, 0.25) is 0 Å². The lowest BCUT2D eigenvalue weighted by atomic mass is 9.85. The molecule has 0 aliphatic heterocycles. The Hall–Kier alpha value is -2.17. The van der Waals surface area contributed by atoms with Gasteiger partial charge in [-0.2, -0.15) is 0 Å². The second-order valence-corrected chi connectivity index (χ2v) is 4.97. The van der Waals surface area contributed by atoms with Crippen molar-refractivity contribution in [1.29, 1.82) is 0 Å². The van der Waals surface area contributed by atoms with Gasteiger partial charge in [-0.1, -0.05) is 18.6 Å². The SMILES string of the molecule is O=[N+]([O-])c1cccc2c(NCC3CCC3)ccnc12. The number of nitro benzene ring substituents is 1. The first-order valence-corrected chi connectivity index (χ1v) is 6.51. The zero-order chi connectivity index (χ0) is 13.2. The van der Waals surface area contributed by atoms with Crippen LogP contribution in [0.5, 0.6) is 0 Å². The number of benzene rings is 1. The van der Waals surface area contributed by atoms with Crippen LogP contribution >= 0.6 is 0 Å². The molecule has 1 aliphatic rings. The van der Waals surface area contributed by atoms with Crippen LogP contribution in [-0.2, 0) is 0 Å². The van der Waals surface area contributed by atoms with E-state index in [4.69, 9.17) is 0 Å². The van der Waals surface area contributed by atoms with E-state index in [0.717, 1.165) is 23.5 Å². The molecular weight excluding hydrogens is 242 g/mol. The molecular formula is C14H15N3O2. The molecule has 3 rings (SSSR count). The lowest BCUT2D eigenvalue weighted by Crippen LogP contribution is -2.20. The molecule has 1 saturated carbocycles. The quantitative estimate of drug-likeness (QED) is 0.673. The Balaban J connectivity index is 1.95. The molecule has 5 nitrogen and oxygen atoms in total. The fourth-order valence-corrected chi connectivity index (χ4v) is 2.41. The average molecular weight is 257 g/mol. The van der Waals surface area contributed by atoms with E-state index in [-0.39, 0.29) is 10.6 Å². The van der Waals surface area contributed by atoms with Gasteiger partial charge in [-0.25, -0.2) is 4.98 Å². The number of non-ortho nitro benzene ring substituents is 1. The first-order valence-electron chi connectivity index (χ1n) is 6.51. The third kappa shape index (κ3) is 2.23. The molecule has 0 amide bonds. The smallest absolute Gasteiger partial charge is 0.295 e. The van der Waals surface area contributed by atoms with Crippen LogP contribution in [0.15, 0.2) is 30.5 Å². The summed E-state index contributed by atoms with van der Waals surface area (Å²) in [6.07, 6.45) is 5.49. The number of nitrogens with zero attached hydrogens (tertiary/aromatic N) is 2. The molecule has 0 bridgehead atoms. The number of hydrogen-bond donors (Lipinski definition) is 1. The fourth-order valence-electron chi connectivity index (χ4n) is 2.41. The van der Waals surface area contributed by atoms with Crippen molar-refractivity contribution in [2.75, 3.05) is 11.9 Å². The highest BCUT2D eigenvalue weighted by atomic mass is 16.6. The molecule has 1 aromatic heterocycles. The topological polar surface area (TPSA) is 68.1 Å². The number of para-hydroxylation sites is 1. The van der Waals surface area contributed by atoms with Gasteiger partial charge in [-0.15, -0.1) is 0 Å². The number of aromatic nitrogens is 1. The Labute approximate surface area is 110 Å². The predicted octanol–water partition coefficient (Wildman–Crippen LogP) is 3.36. The summed E-state index contributed by atoms with van der Waals surface area (Å²) < 4.78 is 0. The minimum Gasteiger partial charge on any atom is -0.384 e. The van der Waals surface area contributed by atoms with Crippen LogP contribution in [0, 0.1) is 16.0 Å². The molecule has 1 fully saturated rings. The molecule has 1 aromatic carbocycles. The van der Waals surface area contributed by atoms with Gasteiger partial charge in [0.1, 0.15) is 5.52 Å². The van der Waals surface area contributed by atoms with Crippen molar-refractivity contribution in [2.45, 2.75) is 19.3 Å². The third-order valence-electron chi connectivity index (χ3n) is 3.75. The maximum absolute atomic E-state index is 11.0. The molecule has 1 aliphatic carbocycles. The minimum absolute atomic E-state index is 0.0600. The number of rotatable bonds is 4. The Bertz CT molecular complexity index is 623. The van der Waals surface area contributed by atoms with Gasteiger partial charge < -0.3 is 5.32 Å². The molecule has 0 atom stereocenters. The predicted molar refractivity (Wildman–Crippen MR) is 74.2 cm³/mol. The zero-order valence-electron chi connectivity index (χ0n) is 10.5. The Morgan fingerprint density at radius 3 is 2.89 bits per heavy atom. The zero-order valence-corrected chi connectivity index (χ0v) is 10.5. The number of pyridine rings is 1. The summed E-state index contributed by atoms with van der Waals surface area (Å²) in [6, 6.07) is 6.95. The second-order valence-electron chi connectivity index (χ2n) is 4.97. The van der Waals surface area contributed by atoms with E-state index in [2.05, 4.69) is 10.3 Å². The van der Waals surface area contributed by atoms with E-state index in [1.807, 2.05) is 12.1 Å². The highest BCUT2D eigenvalue weighted by Crippen LogP contribution is 2.30. The Morgan fingerprint density at radius 1 is 1.37 bits per heavy atom. The van der Waals surface area contributed by atoms with Crippen molar-refractivity contribution in [3.05, 3.63) is 40.6 Å². The molecule has 19 heavy (non-hydrogen) atoms. The van der Waals surface area contributed by atoms with Gasteiger partial charge in [0, 0.05) is 29.9 Å². The highest BCUT2D eigenvalue weighted by Gasteiger charge is 2.18. The standard InChI is InChI=1S/C14H15N3O2/c18-17(19)13-6-2-5-11-12(7-8-15-14(11)13)16-9-10-3-1-4-10/h2,5-8,10H,1,3-4,9H2,(H,15,16). The summed E-state index contributed by atoms with van der Waals surface area (Å²) in [4.78, 5) is 14.8. The van der Waals surface area contributed by atoms with Gasteiger partial charge in [0.05, 0.1) is 4.92 Å². The molecule has 0 radical (unpaired) electrons. The van der Waals surface area contributed by atoms with Crippen LogP contribution in [-0.4, -0.2) is 16.5 Å². The maximum Gasteiger partial charge on any atom is 0.295 e. The molecule has 98 valence electrons. The molecule has 1 N–H and O–H groups in total. The maximum atomic E-state index is 11.0. The van der Waals surface area contributed by atoms with E-state index < -0.39 is 0 Å². The van der Waals surface area contributed by atoms with E-state index in [9.17, 15) is 10.1 Å². The van der Waals surface area contributed by atoms with Crippen LogP contribution in [0.4, 0.5) is 11.4 Å². The number of nitrogens with one attached hydrogen (secondary N) is 1. The van der Waals surface area contributed by atoms with Gasteiger partial charge >= 0.3 is 0 Å². The first-order chi connectivity index (χ1) is 9.25. The van der Waals surface area contributed by atoms with Crippen LogP contribution in [0.3, 0.4) is 0 Å². The minimum atomic E-state index is -0.384. The van der Waals surface area contributed by atoms with Crippen LogP contribution in [0.25, 0.3) is 10.9 Å². The lowest BCUT2D eigenvalue weighted by molar-refractivity contribution is -0.383. The highest BCUT2D eigenvalue weighted by molar-refractivity contribution is 5.96. The molecule has 0 unspecified atom stereocenters. The molecule has 5 heteroatoms. The summed E-state index contributed by atoms with van der Waals surface area (Å²) in [6.45, 7) is 0.932. The van der Waals surface area contributed by atoms with Gasteiger partial charge in [-0.05, 0) is 24.8 Å². The van der Waals surface area contributed by atoms with Crippen molar-refractivity contribution < 1.29 is 4.92 Å². The average Bonchev–Trinajstić information content (AvgIpc) is 2.36. The second kappa shape index (κ2) is 4.84. The van der Waals surface area contributed by atoms with E-state index >= 15 is 0 Å². The van der Waals surface area contributed by atoms with Gasteiger partial charge in [0.25, 0.3) is 5.69 Å². The van der Waals surface area contributed by atoms with E-state index in [1.54, 1.807) is 12.3 Å². The first kappa shape index (κ1) is 11.9. The van der Waals surface area contributed by atoms with Crippen molar-refractivity contribution in [3.63, 3.8) is 0 Å². The van der Waals surface area contributed by atoms with E-state index in [0.29, 0.717) is 5.52 Å². The fraction of sp³-hybridized carbons (Fsp3) is 0.357. The molecule has 0 saturated heterocycles. The lowest BCUT2D eigenvalue weighted by Gasteiger charge is -2.26. The number of hydrogen-bond acceptors (Lipinski definition) is 4. The Kier molecular flexibility index (Phi) is 3.03. The van der Waals surface area contributed by atoms with Crippen molar-refractivity contribution in [3.8, 4) is 0 Å². The van der Waals surface area contributed by atoms with Crippen LogP contribution in [0.1, 0.15) is 19.3 Å². The molecule has 2 aromatic rings. The summed E-state index contributed by atoms with van der Waals surface area (Å²) in [5, 5.41) is 15.2. The molecule has 1 heterocycles. The molecule has 0 spiro atoms.